The van der Waals surface area contributed by atoms with Crippen LogP contribution in [0.3, 0.4) is 0 Å². The van der Waals surface area contributed by atoms with Crippen molar-refractivity contribution in [2.45, 2.75) is 25.8 Å². The van der Waals surface area contributed by atoms with E-state index in [-0.39, 0.29) is 5.91 Å². The molecule has 21 heavy (non-hydrogen) atoms. The molecule has 1 N–H and O–H groups in total. The predicted octanol–water partition coefficient (Wildman–Crippen LogP) is 2.33. The third-order valence-corrected chi connectivity index (χ3v) is 4.49. The topological polar surface area (TPSA) is 71.0 Å². The van der Waals surface area contributed by atoms with Gasteiger partial charge in [0, 0.05) is 13.1 Å². The fraction of sp³-hybridized carbons (Fsp3) is 0.429. The van der Waals surface area contributed by atoms with Gasteiger partial charge >= 0.3 is 0 Å². The molecule has 3 rings (SSSR count). The molecule has 0 spiro atoms. The van der Waals surface area contributed by atoms with Gasteiger partial charge in [-0.25, -0.2) is 9.97 Å². The van der Waals surface area contributed by atoms with Crippen LogP contribution in [0.5, 0.6) is 0 Å². The van der Waals surface area contributed by atoms with Crippen LogP contribution in [-0.2, 0) is 4.79 Å². The van der Waals surface area contributed by atoms with Crippen molar-refractivity contribution >= 4 is 22.4 Å². The monoisotopic (exact) mass is 303 g/mol. The lowest BCUT2D eigenvalue weighted by Gasteiger charge is -2.18. The second kappa shape index (κ2) is 5.87. The molecule has 1 unspecified atom stereocenters. The van der Waals surface area contributed by atoms with E-state index in [1.54, 1.807) is 12.4 Å². The quantitative estimate of drug-likeness (QED) is 0.942. The van der Waals surface area contributed by atoms with Gasteiger partial charge in [-0.2, -0.15) is 0 Å². The molecule has 2 aromatic rings. The molecule has 0 aliphatic carbocycles. The van der Waals surface area contributed by atoms with Gasteiger partial charge in [-0.05, 0) is 26.4 Å². The van der Waals surface area contributed by atoms with Gasteiger partial charge in [-0.3, -0.25) is 14.7 Å². The summed E-state index contributed by atoms with van der Waals surface area (Å²) in [7, 11) is 2.12. The normalized spacial score (nSPS) is 18.9. The number of anilines is 1. The highest BCUT2D eigenvalue weighted by Gasteiger charge is 2.24. The van der Waals surface area contributed by atoms with E-state index < -0.39 is 0 Å². The molecule has 1 amide bonds. The first-order valence-electron chi connectivity index (χ1n) is 6.89. The molecule has 0 radical (unpaired) electrons. The highest BCUT2D eigenvalue weighted by molar-refractivity contribution is 7.19. The Morgan fingerprint density at radius 2 is 2.29 bits per heavy atom. The summed E-state index contributed by atoms with van der Waals surface area (Å²) in [6.07, 6.45) is 7.62. The Morgan fingerprint density at radius 1 is 1.43 bits per heavy atom. The molecular weight excluding hydrogens is 286 g/mol. The molecule has 1 aliphatic rings. The minimum atomic E-state index is -0.122. The maximum Gasteiger partial charge on any atom is 0.223 e. The summed E-state index contributed by atoms with van der Waals surface area (Å²) >= 11 is 1.41. The third kappa shape index (κ3) is 3.08. The summed E-state index contributed by atoms with van der Waals surface area (Å²) in [5.41, 5.74) is 1.81. The Balaban J connectivity index is 1.85. The Morgan fingerprint density at radius 3 is 3.00 bits per heavy atom. The highest BCUT2D eigenvalue weighted by atomic mass is 32.1. The number of hydrogen-bond acceptors (Lipinski definition) is 6. The summed E-state index contributed by atoms with van der Waals surface area (Å²) in [4.78, 5) is 27.5. The first kappa shape index (κ1) is 14.1. The van der Waals surface area contributed by atoms with E-state index in [2.05, 4.69) is 27.2 Å². The summed E-state index contributed by atoms with van der Waals surface area (Å²) in [6, 6.07) is 0.347. The molecule has 110 valence electrons. The Kier molecular flexibility index (Phi) is 3.94. The largest absolute Gasteiger partial charge is 0.302 e. The van der Waals surface area contributed by atoms with Crippen LogP contribution in [0, 0.1) is 0 Å². The van der Waals surface area contributed by atoms with E-state index in [0.717, 1.165) is 29.2 Å². The minimum absolute atomic E-state index is 0.122. The van der Waals surface area contributed by atoms with Crippen LogP contribution in [0.25, 0.3) is 10.6 Å². The maximum atomic E-state index is 11.0. The summed E-state index contributed by atoms with van der Waals surface area (Å²) in [6.45, 7) is 2.57. The molecule has 6 nitrogen and oxygen atoms in total. The summed E-state index contributed by atoms with van der Waals surface area (Å²) in [5, 5.41) is 3.27. The first-order valence-corrected chi connectivity index (χ1v) is 7.71. The molecule has 2 aromatic heterocycles. The number of aromatic nitrogens is 3. The van der Waals surface area contributed by atoms with Crippen molar-refractivity contribution in [2.75, 3.05) is 18.9 Å². The fourth-order valence-electron chi connectivity index (χ4n) is 2.55. The van der Waals surface area contributed by atoms with Crippen molar-refractivity contribution in [3.63, 3.8) is 0 Å². The number of likely N-dealkylation sites (tertiary alicyclic amines) is 1. The van der Waals surface area contributed by atoms with Crippen LogP contribution in [0.1, 0.15) is 31.5 Å². The standard InChI is InChI=1S/C14H17N5OS/c1-9(20)17-14-16-8-13(21-14)11-7-15-6-10(18-11)12-4-3-5-19(12)2/h6-8,12H,3-5H2,1-2H3,(H,16,17,20). The van der Waals surface area contributed by atoms with Crippen molar-refractivity contribution in [2.24, 2.45) is 0 Å². The van der Waals surface area contributed by atoms with Gasteiger partial charge in [0.1, 0.15) is 5.69 Å². The van der Waals surface area contributed by atoms with Gasteiger partial charge in [0.2, 0.25) is 5.91 Å². The van der Waals surface area contributed by atoms with Gasteiger partial charge in [-0.15, -0.1) is 0 Å². The molecule has 0 bridgehead atoms. The third-order valence-electron chi connectivity index (χ3n) is 3.56. The molecule has 1 fully saturated rings. The number of carbonyl (C=O) groups is 1. The van der Waals surface area contributed by atoms with E-state index in [0.29, 0.717) is 11.2 Å². The molecular formula is C14H17N5OS. The van der Waals surface area contributed by atoms with Crippen molar-refractivity contribution in [3.8, 4) is 10.6 Å². The van der Waals surface area contributed by atoms with Gasteiger partial charge in [0.25, 0.3) is 0 Å². The first-order chi connectivity index (χ1) is 10.1. The molecule has 1 atom stereocenters. The van der Waals surface area contributed by atoms with Crippen LogP contribution >= 0.6 is 11.3 Å². The molecule has 0 saturated carbocycles. The number of thiazole rings is 1. The van der Waals surface area contributed by atoms with Gasteiger partial charge in [-0.1, -0.05) is 11.3 Å². The summed E-state index contributed by atoms with van der Waals surface area (Å²) in [5.74, 6) is -0.122. The van der Waals surface area contributed by atoms with Gasteiger partial charge < -0.3 is 5.32 Å². The zero-order chi connectivity index (χ0) is 14.8. The van der Waals surface area contributed by atoms with Crippen LogP contribution in [0.2, 0.25) is 0 Å². The zero-order valence-corrected chi connectivity index (χ0v) is 12.9. The highest BCUT2D eigenvalue weighted by Crippen LogP contribution is 2.31. The lowest BCUT2D eigenvalue weighted by molar-refractivity contribution is -0.114. The molecule has 1 saturated heterocycles. The Bertz CT molecular complexity index is 656. The lowest BCUT2D eigenvalue weighted by atomic mass is 10.1. The van der Waals surface area contributed by atoms with Gasteiger partial charge in [0.05, 0.1) is 29.0 Å². The minimum Gasteiger partial charge on any atom is -0.302 e. The molecule has 0 aromatic carbocycles. The average molecular weight is 303 g/mol. The number of nitrogens with one attached hydrogen (secondary N) is 1. The smallest absolute Gasteiger partial charge is 0.223 e. The SMILES string of the molecule is CC(=O)Nc1ncc(-c2cncc(C3CCCN3C)n2)s1. The van der Waals surface area contributed by atoms with Crippen LogP contribution in [0.15, 0.2) is 18.6 Å². The van der Waals surface area contributed by atoms with Crippen LogP contribution < -0.4 is 5.32 Å². The van der Waals surface area contributed by atoms with Crippen molar-refractivity contribution < 1.29 is 4.79 Å². The van der Waals surface area contributed by atoms with Crippen LogP contribution in [-0.4, -0.2) is 39.4 Å². The number of amides is 1. The number of rotatable bonds is 3. The lowest BCUT2D eigenvalue weighted by Crippen LogP contribution is -2.18. The summed E-state index contributed by atoms with van der Waals surface area (Å²) < 4.78 is 0. The van der Waals surface area contributed by atoms with E-state index in [4.69, 9.17) is 4.98 Å². The van der Waals surface area contributed by atoms with Crippen molar-refractivity contribution in [1.29, 1.82) is 0 Å². The van der Waals surface area contributed by atoms with Gasteiger partial charge in [0.15, 0.2) is 5.13 Å². The number of carbonyl (C=O) groups excluding carboxylic acids is 1. The Labute approximate surface area is 127 Å². The predicted molar refractivity (Wildman–Crippen MR) is 82.0 cm³/mol. The second-order valence-corrected chi connectivity index (χ2v) is 6.21. The second-order valence-electron chi connectivity index (χ2n) is 5.18. The van der Waals surface area contributed by atoms with E-state index in [1.165, 1.54) is 24.7 Å². The van der Waals surface area contributed by atoms with Crippen LogP contribution in [0.4, 0.5) is 5.13 Å². The van der Waals surface area contributed by atoms with E-state index >= 15 is 0 Å². The number of nitrogens with zero attached hydrogens (tertiary/aromatic N) is 4. The average Bonchev–Trinajstić information content (AvgIpc) is 3.07. The van der Waals surface area contributed by atoms with Crippen molar-refractivity contribution in [1.82, 2.24) is 19.9 Å². The fourth-order valence-corrected chi connectivity index (χ4v) is 3.36. The molecule has 7 heteroatoms. The molecule has 1 aliphatic heterocycles. The maximum absolute atomic E-state index is 11.0. The van der Waals surface area contributed by atoms with E-state index in [9.17, 15) is 4.79 Å². The number of hydrogen-bond donors (Lipinski definition) is 1. The zero-order valence-electron chi connectivity index (χ0n) is 12.0. The molecule has 3 heterocycles. The van der Waals surface area contributed by atoms with Crippen molar-refractivity contribution in [3.05, 3.63) is 24.3 Å². The Hall–Kier alpha value is -1.86. The van der Waals surface area contributed by atoms with E-state index in [1.807, 2.05) is 6.20 Å².